The summed E-state index contributed by atoms with van der Waals surface area (Å²) >= 11 is 0. The van der Waals surface area contributed by atoms with Crippen molar-refractivity contribution in [2.75, 3.05) is 62.7 Å². The first-order valence-electron chi connectivity index (χ1n) is 17.0. The normalized spacial score (nSPS) is 20.5. The number of fused-ring (bicyclic) bond motifs is 1. The van der Waals surface area contributed by atoms with Gasteiger partial charge < -0.3 is 29.2 Å². The number of hydrogen-bond acceptors (Lipinski definition) is 8. The number of imide groups is 1. The second-order valence-corrected chi connectivity index (χ2v) is 14.4. The first-order valence-corrected chi connectivity index (χ1v) is 17.0. The zero-order valence-corrected chi connectivity index (χ0v) is 28.4. The fourth-order valence-electron chi connectivity index (χ4n) is 7.11. The Morgan fingerprint density at radius 1 is 0.875 bits per heavy atom. The molecule has 0 aromatic heterocycles. The van der Waals surface area contributed by atoms with Gasteiger partial charge in [-0.05, 0) is 94.0 Å². The number of ether oxygens (including phenoxy) is 1. The molecule has 3 saturated heterocycles. The van der Waals surface area contributed by atoms with Gasteiger partial charge in [0.1, 0.15) is 11.6 Å². The Kier molecular flexibility index (Phi) is 9.35. The molecule has 12 heteroatoms. The van der Waals surface area contributed by atoms with E-state index < -0.39 is 17.6 Å². The molecule has 2 aromatic rings. The number of hydrogen-bond donors (Lipinski definition) is 1. The third kappa shape index (κ3) is 7.27. The van der Waals surface area contributed by atoms with E-state index in [1.165, 1.54) is 0 Å². The van der Waals surface area contributed by atoms with E-state index in [0.29, 0.717) is 49.6 Å². The van der Waals surface area contributed by atoms with E-state index in [1.54, 1.807) is 14.7 Å². The standard InChI is InChI=1S/C36H46N6O6/c1-36(2,3)48-35(47)41-15-13-24(14-16-41)22-38(4)33(45)25-5-7-27(8-6-25)39-17-19-40(20-18-39)28-9-10-29-26(21-28)23-42(34(29)46)30-11-12-31(43)37-32(30)44/h5-10,21,24,30H,11-20,22-23H2,1-4H3,(H,37,43,44). The minimum atomic E-state index is -0.618. The Hall–Kier alpha value is -4.61. The van der Waals surface area contributed by atoms with Crippen molar-refractivity contribution in [2.24, 2.45) is 5.92 Å². The van der Waals surface area contributed by atoms with Crippen LogP contribution in [-0.4, -0.2) is 109 Å². The van der Waals surface area contributed by atoms with Crippen LogP contribution in [0.15, 0.2) is 42.5 Å². The summed E-state index contributed by atoms with van der Waals surface area (Å²) in [7, 11) is 1.84. The molecular formula is C36H46N6O6. The summed E-state index contributed by atoms with van der Waals surface area (Å²) in [6.45, 7) is 11.1. The molecule has 256 valence electrons. The highest BCUT2D eigenvalue weighted by atomic mass is 16.6. The van der Waals surface area contributed by atoms with E-state index in [1.807, 2.05) is 64.2 Å². The van der Waals surface area contributed by atoms with Crippen LogP contribution in [0, 0.1) is 5.92 Å². The fraction of sp³-hybridized carbons (Fsp3) is 0.528. The van der Waals surface area contributed by atoms with Crippen molar-refractivity contribution in [3.05, 3.63) is 59.2 Å². The monoisotopic (exact) mass is 658 g/mol. The van der Waals surface area contributed by atoms with Gasteiger partial charge in [0.2, 0.25) is 11.8 Å². The molecule has 1 unspecified atom stereocenters. The van der Waals surface area contributed by atoms with Crippen LogP contribution < -0.4 is 15.1 Å². The zero-order valence-electron chi connectivity index (χ0n) is 28.4. The average molecular weight is 659 g/mol. The van der Waals surface area contributed by atoms with Crippen molar-refractivity contribution in [1.29, 1.82) is 0 Å². The molecule has 3 fully saturated rings. The zero-order chi connectivity index (χ0) is 34.2. The number of piperidine rings is 2. The highest BCUT2D eigenvalue weighted by Gasteiger charge is 2.39. The lowest BCUT2D eigenvalue weighted by atomic mass is 9.96. The number of nitrogens with zero attached hydrogens (tertiary/aromatic N) is 5. The van der Waals surface area contributed by atoms with Crippen LogP contribution >= 0.6 is 0 Å². The van der Waals surface area contributed by atoms with Crippen LogP contribution in [0.25, 0.3) is 0 Å². The molecule has 6 rings (SSSR count). The Morgan fingerprint density at radius 2 is 1.50 bits per heavy atom. The lowest BCUT2D eigenvalue weighted by Crippen LogP contribution is -2.52. The summed E-state index contributed by atoms with van der Waals surface area (Å²) in [6.07, 6.45) is 2.00. The summed E-state index contributed by atoms with van der Waals surface area (Å²) in [5.41, 5.74) is 3.79. The predicted molar refractivity (Wildman–Crippen MR) is 181 cm³/mol. The molecule has 12 nitrogen and oxygen atoms in total. The first-order chi connectivity index (χ1) is 22.9. The van der Waals surface area contributed by atoms with Crippen molar-refractivity contribution >= 4 is 41.1 Å². The van der Waals surface area contributed by atoms with Crippen LogP contribution in [0.2, 0.25) is 0 Å². The van der Waals surface area contributed by atoms with Crippen LogP contribution in [-0.2, 0) is 20.9 Å². The van der Waals surface area contributed by atoms with Gasteiger partial charge in [0.25, 0.3) is 11.8 Å². The third-order valence-electron chi connectivity index (χ3n) is 9.78. The van der Waals surface area contributed by atoms with Gasteiger partial charge in [-0.15, -0.1) is 0 Å². The molecule has 1 N–H and O–H groups in total. The molecular weight excluding hydrogens is 612 g/mol. The van der Waals surface area contributed by atoms with E-state index in [2.05, 4.69) is 21.2 Å². The summed E-state index contributed by atoms with van der Waals surface area (Å²) in [4.78, 5) is 72.4. The van der Waals surface area contributed by atoms with Gasteiger partial charge in [-0.1, -0.05) is 0 Å². The van der Waals surface area contributed by atoms with Gasteiger partial charge in [-0.3, -0.25) is 24.5 Å². The van der Waals surface area contributed by atoms with Crippen molar-refractivity contribution in [3.8, 4) is 0 Å². The molecule has 4 heterocycles. The molecule has 4 aliphatic heterocycles. The maximum absolute atomic E-state index is 13.2. The van der Waals surface area contributed by atoms with E-state index in [0.717, 1.165) is 56.0 Å². The average Bonchev–Trinajstić information content (AvgIpc) is 3.39. The van der Waals surface area contributed by atoms with Crippen molar-refractivity contribution in [1.82, 2.24) is 20.0 Å². The minimum absolute atomic E-state index is 0.00722. The molecule has 0 bridgehead atoms. The molecule has 48 heavy (non-hydrogen) atoms. The van der Waals surface area contributed by atoms with E-state index in [9.17, 15) is 24.0 Å². The molecule has 0 spiro atoms. The number of anilines is 2. The van der Waals surface area contributed by atoms with Crippen molar-refractivity contribution in [3.63, 3.8) is 0 Å². The number of nitrogens with one attached hydrogen (secondary N) is 1. The highest BCUT2D eigenvalue weighted by Crippen LogP contribution is 2.31. The lowest BCUT2D eigenvalue weighted by molar-refractivity contribution is -0.136. The Balaban J connectivity index is 0.977. The summed E-state index contributed by atoms with van der Waals surface area (Å²) in [6, 6.07) is 13.1. The fourth-order valence-corrected chi connectivity index (χ4v) is 7.11. The third-order valence-corrected chi connectivity index (χ3v) is 9.78. The maximum atomic E-state index is 13.2. The molecule has 4 aliphatic rings. The van der Waals surface area contributed by atoms with Gasteiger partial charge in [0.05, 0.1) is 0 Å². The van der Waals surface area contributed by atoms with Crippen LogP contribution in [0.5, 0.6) is 0 Å². The Labute approximate surface area is 281 Å². The summed E-state index contributed by atoms with van der Waals surface area (Å²) < 4.78 is 5.50. The highest BCUT2D eigenvalue weighted by molar-refractivity contribution is 6.05. The summed E-state index contributed by atoms with van der Waals surface area (Å²) in [5, 5.41) is 2.35. The predicted octanol–water partition coefficient (Wildman–Crippen LogP) is 3.49. The minimum Gasteiger partial charge on any atom is -0.444 e. The number of carbonyl (C=O) groups excluding carboxylic acids is 5. The maximum Gasteiger partial charge on any atom is 0.410 e. The second-order valence-electron chi connectivity index (χ2n) is 14.4. The van der Waals surface area contributed by atoms with Crippen LogP contribution in [0.4, 0.5) is 16.2 Å². The van der Waals surface area contributed by atoms with Gasteiger partial charge in [-0.2, -0.15) is 0 Å². The van der Waals surface area contributed by atoms with Crippen molar-refractivity contribution in [2.45, 2.75) is 64.6 Å². The van der Waals surface area contributed by atoms with E-state index >= 15 is 0 Å². The first kappa shape index (κ1) is 33.3. The Morgan fingerprint density at radius 3 is 2.12 bits per heavy atom. The Bertz CT molecular complexity index is 1570. The largest absolute Gasteiger partial charge is 0.444 e. The topological polar surface area (TPSA) is 123 Å². The molecule has 0 aliphatic carbocycles. The molecule has 1 atom stereocenters. The van der Waals surface area contributed by atoms with E-state index in [4.69, 9.17) is 4.74 Å². The second kappa shape index (κ2) is 13.5. The van der Waals surface area contributed by atoms with Crippen LogP contribution in [0.3, 0.4) is 0 Å². The molecule has 0 saturated carbocycles. The SMILES string of the molecule is CN(CC1CCN(C(=O)OC(C)(C)C)CC1)C(=O)c1ccc(N2CCN(c3ccc4c(c3)CN(C3CCC(=O)NC3=O)C4=O)CC2)cc1. The van der Waals surface area contributed by atoms with Gasteiger partial charge in [0, 0.05) is 88.3 Å². The number of benzene rings is 2. The van der Waals surface area contributed by atoms with Gasteiger partial charge in [-0.25, -0.2) is 4.79 Å². The number of piperazine rings is 1. The smallest absolute Gasteiger partial charge is 0.410 e. The molecule has 5 amide bonds. The summed E-state index contributed by atoms with van der Waals surface area (Å²) in [5.74, 6) is -0.525. The van der Waals surface area contributed by atoms with E-state index in [-0.39, 0.29) is 30.2 Å². The molecule has 0 radical (unpaired) electrons. The number of rotatable bonds is 6. The quantitative estimate of drug-likeness (QED) is 0.469. The van der Waals surface area contributed by atoms with Gasteiger partial charge in [0.15, 0.2) is 0 Å². The molecule has 2 aromatic carbocycles. The lowest BCUT2D eigenvalue weighted by Gasteiger charge is -2.37. The van der Waals surface area contributed by atoms with Gasteiger partial charge >= 0.3 is 6.09 Å². The van der Waals surface area contributed by atoms with Crippen molar-refractivity contribution < 1.29 is 28.7 Å². The van der Waals surface area contributed by atoms with Crippen LogP contribution in [0.1, 0.15) is 72.7 Å². The number of likely N-dealkylation sites (tertiary alicyclic amines) is 1. The number of carbonyl (C=O) groups is 5. The number of amides is 5.